The maximum absolute atomic E-state index is 12.7. The Bertz CT molecular complexity index is 882. The van der Waals surface area contributed by atoms with E-state index in [1.165, 1.54) is 22.9 Å². The van der Waals surface area contributed by atoms with Crippen LogP contribution >= 0.6 is 0 Å². The van der Waals surface area contributed by atoms with E-state index < -0.39 is 0 Å². The molecule has 1 aliphatic rings. The third-order valence-electron chi connectivity index (χ3n) is 4.41. The highest BCUT2D eigenvalue weighted by molar-refractivity contribution is 5.93. The quantitative estimate of drug-likeness (QED) is 0.796. The summed E-state index contributed by atoms with van der Waals surface area (Å²) >= 11 is 0. The first-order valence-electron chi connectivity index (χ1n) is 8.29. The van der Waals surface area contributed by atoms with Crippen LogP contribution in [0.5, 0.6) is 0 Å². The summed E-state index contributed by atoms with van der Waals surface area (Å²) in [6.45, 7) is 4.91. The molecule has 1 saturated heterocycles. The van der Waals surface area contributed by atoms with Gasteiger partial charge >= 0.3 is 0 Å². The number of rotatable bonds is 3. The molecule has 0 aliphatic carbocycles. The number of nitrogens with zero attached hydrogens (tertiary/aromatic N) is 3. The van der Waals surface area contributed by atoms with Gasteiger partial charge < -0.3 is 15.2 Å². The minimum absolute atomic E-state index is 0.0465. The van der Waals surface area contributed by atoms with E-state index in [4.69, 9.17) is 0 Å². The number of likely N-dealkylation sites (tertiary alicyclic amines) is 1. The number of fused-ring (bicyclic) bond motifs is 1. The van der Waals surface area contributed by atoms with Gasteiger partial charge in [-0.2, -0.15) is 5.10 Å². The molecule has 8 heteroatoms. The summed E-state index contributed by atoms with van der Waals surface area (Å²) in [5.41, 5.74) is 0.542. The first-order valence-corrected chi connectivity index (χ1v) is 8.29. The van der Waals surface area contributed by atoms with Crippen molar-refractivity contribution in [1.82, 2.24) is 24.8 Å². The maximum Gasteiger partial charge on any atom is 0.274 e. The summed E-state index contributed by atoms with van der Waals surface area (Å²) < 4.78 is 1.47. The first-order chi connectivity index (χ1) is 12.0. The van der Waals surface area contributed by atoms with Gasteiger partial charge in [0.1, 0.15) is 5.65 Å². The van der Waals surface area contributed by atoms with Gasteiger partial charge in [-0.25, -0.2) is 4.52 Å². The number of carbonyl (C=O) groups is 2. The zero-order chi connectivity index (χ0) is 18.0. The Hall–Kier alpha value is -2.90. The van der Waals surface area contributed by atoms with E-state index in [1.54, 1.807) is 24.0 Å². The molecule has 2 amide bonds. The van der Waals surface area contributed by atoms with Crippen molar-refractivity contribution < 1.29 is 9.59 Å². The van der Waals surface area contributed by atoms with Gasteiger partial charge in [0.15, 0.2) is 5.69 Å². The molecule has 132 valence electrons. The van der Waals surface area contributed by atoms with Crippen molar-refractivity contribution in [1.29, 1.82) is 0 Å². The van der Waals surface area contributed by atoms with Crippen molar-refractivity contribution in [2.45, 2.75) is 26.3 Å². The van der Waals surface area contributed by atoms with E-state index in [9.17, 15) is 14.4 Å². The third kappa shape index (κ3) is 3.62. The third-order valence-corrected chi connectivity index (χ3v) is 4.41. The molecule has 2 aromatic rings. The molecule has 0 radical (unpaired) electrons. The van der Waals surface area contributed by atoms with Crippen molar-refractivity contribution in [3.05, 3.63) is 46.5 Å². The zero-order valence-corrected chi connectivity index (χ0v) is 14.2. The van der Waals surface area contributed by atoms with Crippen molar-refractivity contribution in [2.24, 2.45) is 5.92 Å². The Balaban J connectivity index is 1.69. The second kappa shape index (κ2) is 6.92. The molecule has 2 aromatic heterocycles. The summed E-state index contributed by atoms with van der Waals surface area (Å²) in [4.78, 5) is 40.1. The lowest BCUT2D eigenvalue weighted by Gasteiger charge is -2.36. The molecular weight excluding hydrogens is 322 g/mol. The minimum Gasteiger partial charge on any atom is -0.349 e. The zero-order valence-electron chi connectivity index (χ0n) is 14.2. The van der Waals surface area contributed by atoms with E-state index in [-0.39, 0.29) is 29.3 Å². The normalized spacial score (nSPS) is 21.0. The Labute approximate surface area is 144 Å². The van der Waals surface area contributed by atoms with Crippen LogP contribution in [0.25, 0.3) is 5.65 Å². The molecule has 1 fully saturated rings. The van der Waals surface area contributed by atoms with Crippen LogP contribution in [0.15, 0.2) is 35.3 Å². The molecule has 0 bridgehead atoms. The molecule has 0 spiro atoms. The smallest absolute Gasteiger partial charge is 0.274 e. The predicted octanol–water partition coefficient (Wildman–Crippen LogP) is 0.565. The molecule has 2 unspecified atom stereocenters. The Morgan fingerprint density at radius 2 is 2.24 bits per heavy atom. The lowest BCUT2D eigenvalue weighted by atomic mass is 9.93. The van der Waals surface area contributed by atoms with Crippen LogP contribution in [0, 0.1) is 5.92 Å². The van der Waals surface area contributed by atoms with Gasteiger partial charge in [0.25, 0.3) is 11.5 Å². The molecule has 0 saturated carbocycles. The Kier molecular flexibility index (Phi) is 4.69. The molecule has 25 heavy (non-hydrogen) atoms. The van der Waals surface area contributed by atoms with Gasteiger partial charge in [-0.05, 0) is 25.3 Å². The van der Waals surface area contributed by atoms with Gasteiger partial charge in [-0.1, -0.05) is 13.0 Å². The number of hydrogen-bond acceptors (Lipinski definition) is 4. The van der Waals surface area contributed by atoms with E-state index >= 15 is 0 Å². The van der Waals surface area contributed by atoms with Gasteiger partial charge in [-0.15, -0.1) is 0 Å². The number of piperidine rings is 1. The standard InChI is InChI=1S/C17H21N5O3/c1-3-4-15(23)18-12-5-7-21(10-11(12)2)17(25)13-9-14-19-16(24)6-8-22(14)20-13/h3-4,6,8-9,11-12H,5,7,10H2,1-2H3,(H,18,23)(H,19,24)/b4-3+. The monoisotopic (exact) mass is 343 g/mol. The van der Waals surface area contributed by atoms with Crippen molar-refractivity contribution in [3.8, 4) is 0 Å². The highest BCUT2D eigenvalue weighted by atomic mass is 16.2. The average Bonchev–Trinajstić information content (AvgIpc) is 2.99. The summed E-state index contributed by atoms with van der Waals surface area (Å²) in [7, 11) is 0. The van der Waals surface area contributed by atoms with E-state index in [2.05, 4.69) is 15.4 Å². The number of carbonyl (C=O) groups excluding carboxylic acids is 2. The number of hydrogen-bond donors (Lipinski definition) is 2. The van der Waals surface area contributed by atoms with E-state index in [0.29, 0.717) is 30.9 Å². The lowest BCUT2D eigenvalue weighted by molar-refractivity contribution is -0.117. The van der Waals surface area contributed by atoms with Gasteiger partial charge in [0.05, 0.1) is 0 Å². The van der Waals surface area contributed by atoms with Gasteiger partial charge in [0.2, 0.25) is 5.91 Å². The number of amides is 2. The van der Waals surface area contributed by atoms with E-state index in [0.717, 1.165) is 0 Å². The van der Waals surface area contributed by atoms with Crippen molar-refractivity contribution >= 4 is 17.5 Å². The van der Waals surface area contributed by atoms with Crippen LogP contribution in [0.3, 0.4) is 0 Å². The fraction of sp³-hybridized carbons (Fsp3) is 0.412. The maximum atomic E-state index is 12.7. The molecular formula is C17H21N5O3. The second-order valence-corrected chi connectivity index (χ2v) is 6.30. The van der Waals surface area contributed by atoms with Gasteiger partial charge in [-0.3, -0.25) is 14.4 Å². The SMILES string of the molecule is C/C=C/C(=O)NC1CCN(C(=O)c2cc3[nH]c(=O)ccn3n2)CC1C. The Morgan fingerprint density at radius 3 is 2.96 bits per heavy atom. The van der Waals surface area contributed by atoms with Crippen LogP contribution in [0.4, 0.5) is 0 Å². The highest BCUT2D eigenvalue weighted by Gasteiger charge is 2.30. The molecule has 3 heterocycles. The van der Waals surface area contributed by atoms with Crippen LogP contribution in [-0.4, -0.2) is 50.4 Å². The van der Waals surface area contributed by atoms with Crippen LogP contribution < -0.4 is 10.9 Å². The number of allylic oxidation sites excluding steroid dienone is 1. The number of aromatic nitrogens is 3. The molecule has 2 N–H and O–H groups in total. The van der Waals surface area contributed by atoms with Crippen LogP contribution in [0.1, 0.15) is 30.8 Å². The van der Waals surface area contributed by atoms with Crippen LogP contribution in [0.2, 0.25) is 0 Å². The lowest BCUT2D eigenvalue weighted by Crippen LogP contribution is -2.51. The molecule has 3 rings (SSSR count). The number of nitrogens with one attached hydrogen (secondary N) is 2. The fourth-order valence-corrected chi connectivity index (χ4v) is 3.10. The minimum atomic E-state index is -0.238. The van der Waals surface area contributed by atoms with Crippen LogP contribution in [-0.2, 0) is 4.79 Å². The summed E-state index contributed by atoms with van der Waals surface area (Å²) in [5, 5.41) is 7.20. The van der Waals surface area contributed by atoms with E-state index in [1.807, 2.05) is 6.92 Å². The number of H-pyrrole nitrogens is 1. The summed E-state index contributed by atoms with van der Waals surface area (Å²) in [6, 6.07) is 2.98. The molecule has 0 aromatic carbocycles. The van der Waals surface area contributed by atoms with Crippen molar-refractivity contribution in [3.63, 3.8) is 0 Å². The highest BCUT2D eigenvalue weighted by Crippen LogP contribution is 2.19. The summed E-state index contributed by atoms with van der Waals surface area (Å²) in [6.07, 6.45) is 5.42. The predicted molar refractivity (Wildman–Crippen MR) is 92.2 cm³/mol. The number of aromatic amines is 1. The summed E-state index contributed by atoms with van der Waals surface area (Å²) in [5.74, 6) is -0.137. The first kappa shape index (κ1) is 16.9. The average molecular weight is 343 g/mol. The topological polar surface area (TPSA) is 99.6 Å². The second-order valence-electron chi connectivity index (χ2n) is 6.30. The van der Waals surface area contributed by atoms with Crippen molar-refractivity contribution in [2.75, 3.05) is 13.1 Å². The molecule has 8 nitrogen and oxygen atoms in total. The largest absolute Gasteiger partial charge is 0.349 e. The molecule has 1 aliphatic heterocycles. The Morgan fingerprint density at radius 1 is 1.44 bits per heavy atom. The fourth-order valence-electron chi connectivity index (χ4n) is 3.10. The van der Waals surface area contributed by atoms with Gasteiger partial charge in [0, 0.05) is 37.5 Å². The molecule has 2 atom stereocenters.